The Bertz CT molecular complexity index is 354. The van der Waals surface area contributed by atoms with Crippen molar-refractivity contribution in [3.63, 3.8) is 0 Å². The van der Waals surface area contributed by atoms with Crippen molar-refractivity contribution in [1.29, 1.82) is 5.41 Å². The smallest absolute Gasteiger partial charge is 0.354 e. The first-order valence-corrected chi connectivity index (χ1v) is 3.52. The zero-order valence-electron chi connectivity index (χ0n) is 6.65. The minimum absolute atomic E-state index is 0.290. The Hall–Kier alpha value is -1.97. The zero-order chi connectivity index (χ0) is 9.84. The van der Waals surface area contributed by atoms with Crippen LogP contribution < -0.4 is 0 Å². The van der Waals surface area contributed by atoms with Crippen LogP contribution in [-0.2, 0) is 4.79 Å². The first-order chi connectivity index (χ1) is 6.15. The number of rotatable bonds is 3. The van der Waals surface area contributed by atoms with Gasteiger partial charge in [-0.25, -0.2) is 4.79 Å². The second-order valence-electron chi connectivity index (χ2n) is 2.42. The SMILES string of the molecule is N=C(C(=O)O)c1ccc(C=O)cc1. The maximum Gasteiger partial charge on any atom is 0.354 e. The number of carbonyl (C=O) groups is 2. The normalized spacial score (nSPS) is 9.23. The third kappa shape index (κ3) is 1.99. The molecule has 0 fully saturated rings. The molecule has 0 radical (unpaired) electrons. The van der Waals surface area contributed by atoms with E-state index in [9.17, 15) is 9.59 Å². The van der Waals surface area contributed by atoms with Gasteiger partial charge in [0.15, 0.2) is 0 Å². The van der Waals surface area contributed by atoms with Crippen molar-refractivity contribution in [2.75, 3.05) is 0 Å². The molecule has 1 aromatic rings. The molecule has 0 unspecified atom stereocenters. The molecular weight excluding hydrogens is 170 g/mol. The molecular formula is C9H7NO3. The largest absolute Gasteiger partial charge is 0.477 e. The van der Waals surface area contributed by atoms with E-state index in [1.54, 1.807) is 0 Å². The van der Waals surface area contributed by atoms with E-state index in [2.05, 4.69) is 0 Å². The monoisotopic (exact) mass is 177 g/mol. The van der Waals surface area contributed by atoms with Crippen LogP contribution in [0.4, 0.5) is 0 Å². The summed E-state index contributed by atoms with van der Waals surface area (Å²) in [7, 11) is 0. The number of carbonyl (C=O) groups excluding carboxylic acids is 1. The topological polar surface area (TPSA) is 78.2 Å². The third-order valence-electron chi connectivity index (χ3n) is 1.55. The maximum absolute atomic E-state index is 10.4. The third-order valence-corrected chi connectivity index (χ3v) is 1.55. The summed E-state index contributed by atoms with van der Waals surface area (Å²) in [4.78, 5) is 20.6. The van der Waals surface area contributed by atoms with E-state index in [0.29, 0.717) is 11.8 Å². The molecule has 66 valence electrons. The van der Waals surface area contributed by atoms with Gasteiger partial charge in [-0.3, -0.25) is 10.2 Å². The van der Waals surface area contributed by atoms with Gasteiger partial charge in [0.25, 0.3) is 0 Å². The minimum atomic E-state index is -1.28. The van der Waals surface area contributed by atoms with Crippen molar-refractivity contribution in [3.05, 3.63) is 35.4 Å². The molecule has 0 aliphatic heterocycles. The molecule has 4 nitrogen and oxygen atoms in total. The highest BCUT2D eigenvalue weighted by Gasteiger charge is 2.08. The highest BCUT2D eigenvalue weighted by molar-refractivity contribution is 6.41. The van der Waals surface area contributed by atoms with Gasteiger partial charge in [0.05, 0.1) is 0 Å². The Morgan fingerprint density at radius 2 is 1.85 bits per heavy atom. The first-order valence-electron chi connectivity index (χ1n) is 3.52. The van der Waals surface area contributed by atoms with Crippen molar-refractivity contribution in [1.82, 2.24) is 0 Å². The minimum Gasteiger partial charge on any atom is -0.477 e. The predicted molar refractivity (Wildman–Crippen MR) is 46.3 cm³/mol. The Labute approximate surface area is 74.3 Å². The summed E-state index contributed by atoms with van der Waals surface area (Å²) in [5, 5.41) is 15.6. The number of hydrogen-bond donors (Lipinski definition) is 2. The molecule has 0 saturated heterocycles. The summed E-state index contributed by atoms with van der Waals surface area (Å²) in [6.07, 6.45) is 0.661. The van der Waals surface area contributed by atoms with E-state index < -0.39 is 11.7 Å². The molecule has 0 spiro atoms. The van der Waals surface area contributed by atoms with E-state index in [4.69, 9.17) is 10.5 Å². The van der Waals surface area contributed by atoms with Crippen LogP contribution in [0.1, 0.15) is 15.9 Å². The molecule has 0 aliphatic rings. The molecule has 0 aliphatic carbocycles. The van der Waals surface area contributed by atoms with E-state index in [1.165, 1.54) is 24.3 Å². The lowest BCUT2D eigenvalue weighted by Crippen LogP contribution is -2.12. The molecule has 4 heteroatoms. The average molecular weight is 177 g/mol. The van der Waals surface area contributed by atoms with E-state index in [1.807, 2.05) is 0 Å². The summed E-state index contributed by atoms with van der Waals surface area (Å²) < 4.78 is 0. The molecule has 0 bridgehead atoms. The van der Waals surface area contributed by atoms with Crippen molar-refractivity contribution < 1.29 is 14.7 Å². The molecule has 1 rings (SSSR count). The van der Waals surface area contributed by atoms with Crippen LogP contribution in [0.5, 0.6) is 0 Å². The highest BCUT2D eigenvalue weighted by Crippen LogP contribution is 2.03. The molecule has 0 atom stereocenters. The first kappa shape index (κ1) is 9.12. The van der Waals surface area contributed by atoms with Gasteiger partial charge < -0.3 is 5.11 Å². The van der Waals surface area contributed by atoms with Crippen LogP contribution in [0, 0.1) is 5.41 Å². The lowest BCUT2D eigenvalue weighted by atomic mass is 10.1. The van der Waals surface area contributed by atoms with Crippen molar-refractivity contribution >= 4 is 18.0 Å². The van der Waals surface area contributed by atoms with Gasteiger partial charge in [-0.2, -0.15) is 0 Å². The van der Waals surface area contributed by atoms with Crippen LogP contribution >= 0.6 is 0 Å². The highest BCUT2D eigenvalue weighted by atomic mass is 16.4. The van der Waals surface area contributed by atoms with Crippen LogP contribution in [0.15, 0.2) is 24.3 Å². The van der Waals surface area contributed by atoms with Crippen molar-refractivity contribution in [3.8, 4) is 0 Å². The number of carboxylic acid groups (broad SMARTS) is 1. The van der Waals surface area contributed by atoms with Gasteiger partial charge in [0.2, 0.25) is 0 Å². The summed E-state index contributed by atoms with van der Waals surface area (Å²) in [5.74, 6) is -1.28. The lowest BCUT2D eigenvalue weighted by Gasteiger charge is -1.97. The Balaban J connectivity index is 2.98. The molecule has 0 saturated carbocycles. The summed E-state index contributed by atoms with van der Waals surface area (Å²) in [5.41, 5.74) is 0.275. The average Bonchev–Trinajstić information content (AvgIpc) is 2.17. The second kappa shape index (κ2) is 3.62. The number of hydrogen-bond acceptors (Lipinski definition) is 3. The number of benzene rings is 1. The molecule has 13 heavy (non-hydrogen) atoms. The second-order valence-corrected chi connectivity index (χ2v) is 2.42. The standard InChI is InChI=1S/C9H7NO3/c10-8(9(12)13)7-3-1-6(5-11)2-4-7/h1-5,10H,(H,12,13). The Morgan fingerprint density at radius 3 is 2.23 bits per heavy atom. The molecule has 2 N–H and O–H groups in total. The fourth-order valence-electron chi connectivity index (χ4n) is 0.852. The van der Waals surface area contributed by atoms with E-state index in [0.717, 1.165) is 0 Å². The molecule has 0 amide bonds. The molecule has 0 aromatic heterocycles. The van der Waals surface area contributed by atoms with Gasteiger partial charge in [-0.15, -0.1) is 0 Å². The zero-order valence-corrected chi connectivity index (χ0v) is 6.65. The lowest BCUT2D eigenvalue weighted by molar-refractivity contribution is -0.129. The predicted octanol–water partition coefficient (Wildman–Crippen LogP) is 0.952. The van der Waals surface area contributed by atoms with Gasteiger partial charge in [-0.1, -0.05) is 24.3 Å². The van der Waals surface area contributed by atoms with Gasteiger partial charge in [-0.05, 0) is 0 Å². The van der Waals surface area contributed by atoms with Gasteiger partial charge in [0, 0.05) is 11.1 Å². The summed E-state index contributed by atoms with van der Waals surface area (Å²) in [6.45, 7) is 0. The summed E-state index contributed by atoms with van der Waals surface area (Å²) in [6, 6.07) is 5.81. The van der Waals surface area contributed by atoms with E-state index in [-0.39, 0.29) is 5.56 Å². The fraction of sp³-hybridized carbons (Fsp3) is 0. The van der Waals surface area contributed by atoms with Crippen LogP contribution in [0.2, 0.25) is 0 Å². The Kier molecular flexibility index (Phi) is 2.54. The Morgan fingerprint density at radius 1 is 1.31 bits per heavy atom. The number of carboxylic acids is 1. The molecule has 1 aromatic carbocycles. The van der Waals surface area contributed by atoms with Crippen molar-refractivity contribution in [2.45, 2.75) is 0 Å². The number of nitrogens with one attached hydrogen (secondary N) is 1. The fourth-order valence-corrected chi connectivity index (χ4v) is 0.852. The molecule has 0 heterocycles. The van der Waals surface area contributed by atoms with Crippen LogP contribution in [0.25, 0.3) is 0 Å². The van der Waals surface area contributed by atoms with E-state index >= 15 is 0 Å². The van der Waals surface area contributed by atoms with Crippen LogP contribution in [0.3, 0.4) is 0 Å². The maximum atomic E-state index is 10.4. The van der Waals surface area contributed by atoms with Crippen LogP contribution in [-0.4, -0.2) is 23.1 Å². The van der Waals surface area contributed by atoms with Gasteiger partial charge in [0.1, 0.15) is 12.0 Å². The quantitative estimate of drug-likeness (QED) is 0.533. The number of aliphatic carboxylic acids is 1. The van der Waals surface area contributed by atoms with Crippen molar-refractivity contribution in [2.24, 2.45) is 0 Å². The van der Waals surface area contributed by atoms with Gasteiger partial charge >= 0.3 is 5.97 Å². The number of aldehydes is 1. The summed E-state index contributed by atoms with van der Waals surface area (Å²) >= 11 is 0.